The number of aryl methyl sites for hydroxylation is 1. The van der Waals surface area contributed by atoms with Crippen molar-refractivity contribution in [3.8, 4) is 34.2 Å². The Morgan fingerprint density at radius 2 is 1.79 bits per heavy atom. The van der Waals surface area contributed by atoms with Gasteiger partial charge in [0.25, 0.3) is 0 Å². The number of aromatic amines is 1. The summed E-state index contributed by atoms with van der Waals surface area (Å²) in [7, 11) is 0. The maximum absolute atomic E-state index is 6.16. The number of benzene rings is 1. The van der Waals surface area contributed by atoms with E-state index in [9.17, 15) is 0 Å². The number of hydrogen-bond donors (Lipinski definition) is 1. The van der Waals surface area contributed by atoms with Crippen molar-refractivity contribution in [2.75, 3.05) is 0 Å². The fourth-order valence-electron chi connectivity index (χ4n) is 3.25. The summed E-state index contributed by atoms with van der Waals surface area (Å²) in [6.45, 7) is 2.47. The highest BCUT2D eigenvalue weighted by Crippen LogP contribution is 2.34. The minimum atomic E-state index is 0.544. The van der Waals surface area contributed by atoms with E-state index in [1.165, 1.54) is 0 Å². The van der Waals surface area contributed by atoms with E-state index in [1.54, 1.807) is 18.6 Å². The zero-order valence-electron chi connectivity index (χ0n) is 15.8. The lowest BCUT2D eigenvalue weighted by Crippen LogP contribution is -2.03. The fraction of sp³-hybridized carbons (Fsp3) is 0.0909. The van der Waals surface area contributed by atoms with Gasteiger partial charge < -0.3 is 8.98 Å². The lowest BCUT2D eigenvalue weighted by molar-refractivity contribution is 0.586. The second-order valence-electron chi connectivity index (χ2n) is 6.72. The smallest absolute Gasteiger partial charge is 0.153 e. The highest BCUT2D eigenvalue weighted by atomic mass is 16.3. The second kappa shape index (κ2) is 7.20. The molecule has 0 fully saturated rings. The van der Waals surface area contributed by atoms with E-state index in [1.807, 2.05) is 66.3 Å². The average molecular weight is 382 g/mol. The van der Waals surface area contributed by atoms with Crippen molar-refractivity contribution in [3.63, 3.8) is 0 Å². The number of hydrogen-bond acceptors (Lipinski definition) is 5. The second-order valence-corrected chi connectivity index (χ2v) is 6.72. The summed E-state index contributed by atoms with van der Waals surface area (Å²) in [5.41, 5.74) is 5.35. The van der Waals surface area contributed by atoms with Crippen molar-refractivity contribution in [2.45, 2.75) is 13.5 Å². The van der Waals surface area contributed by atoms with Gasteiger partial charge in [-0.2, -0.15) is 5.10 Å². The molecule has 4 aromatic heterocycles. The maximum Gasteiger partial charge on any atom is 0.153 e. The molecule has 0 unspecified atom stereocenters. The van der Waals surface area contributed by atoms with Gasteiger partial charge in [0.05, 0.1) is 36.2 Å². The summed E-state index contributed by atoms with van der Waals surface area (Å²) in [4.78, 5) is 13.5. The first-order chi connectivity index (χ1) is 14.3. The Hall–Kier alpha value is -4.00. The van der Waals surface area contributed by atoms with Crippen molar-refractivity contribution < 1.29 is 4.42 Å². The molecular formula is C22H18N6O. The molecule has 0 aliphatic heterocycles. The summed E-state index contributed by atoms with van der Waals surface area (Å²) >= 11 is 0. The molecular weight excluding hydrogens is 364 g/mol. The minimum Gasteiger partial charge on any atom is -0.453 e. The highest BCUT2D eigenvalue weighted by Gasteiger charge is 2.19. The molecule has 0 atom stereocenters. The van der Waals surface area contributed by atoms with Gasteiger partial charge in [-0.15, -0.1) is 0 Å². The van der Waals surface area contributed by atoms with E-state index in [-0.39, 0.29) is 0 Å². The van der Waals surface area contributed by atoms with E-state index < -0.39 is 0 Å². The Morgan fingerprint density at radius 1 is 0.931 bits per heavy atom. The molecule has 0 saturated heterocycles. The summed E-state index contributed by atoms with van der Waals surface area (Å²) in [6.07, 6.45) is 7.08. The molecule has 0 radical (unpaired) electrons. The summed E-state index contributed by atoms with van der Waals surface area (Å²) in [5.74, 6) is 1.45. The number of furan rings is 1. The number of nitrogens with one attached hydrogen (secondary N) is 1. The topological polar surface area (TPSA) is 85.4 Å². The molecule has 0 amide bonds. The standard InChI is InChI=1S/C22H18N6O/c1-15-11-24-17(12-23-15)13-28-14-25-21(16-5-3-2-4-6-16)22(28)20-8-7-19(29-20)18-9-10-26-27-18/h2-12,14H,13H2,1H3,(H,26,27). The lowest BCUT2D eigenvalue weighted by Gasteiger charge is -2.08. The van der Waals surface area contributed by atoms with Gasteiger partial charge in [0.2, 0.25) is 0 Å². The van der Waals surface area contributed by atoms with Gasteiger partial charge in [0, 0.05) is 18.0 Å². The molecule has 29 heavy (non-hydrogen) atoms. The molecule has 0 aliphatic carbocycles. The van der Waals surface area contributed by atoms with Crippen LogP contribution in [0.5, 0.6) is 0 Å². The molecule has 7 nitrogen and oxygen atoms in total. The first-order valence-electron chi connectivity index (χ1n) is 9.26. The maximum atomic E-state index is 6.16. The van der Waals surface area contributed by atoms with Gasteiger partial charge in [-0.1, -0.05) is 30.3 Å². The Balaban J connectivity index is 1.61. The monoisotopic (exact) mass is 382 g/mol. The van der Waals surface area contributed by atoms with Crippen LogP contribution in [-0.4, -0.2) is 29.7 Å². The van der Waals surface area contributed by atoms with Gasteiger partial charge >= 0.3 is 0 Å². The number of imidazole rings is 1. The van der Waals surface area contributed by atoms with Crippen LogP contribution in [0.4, 0.5) is 0 Å². The van der Waals surface area contributed by atoms with Crippen molar-refractivity contribution in [3.05, 3.63) is 84.8 Å². The average Bonchev–Trinajstić information content (AvgIpc) is 3.50. The van der Waals surface area contributed by atoms with Crippen molar-refractivity contribution >= 4 is 0 Å². The summed E-state index contributed by atoms with van der Waals surface area (Å²) < 4.78 is 8.20. The van der Waals surface area contributed by atoms with Crippen LogP contribution in [0.2, 0.25) is 0 Å². The molecule has 4 heterocycles. The molecule has 0 saturated carbocycles. The van der Waals surface area contributed by atoms with Gasteiger partial charge in [0.1, 0.15) is 11.4 Å². The van der Waals surface area contributed by atoms with Crippen LogP contribution < -0.4 is 0 Å². The summed E-state index contributed by atoms with van der Waals surface area (Å²) in [5, 5.41) is 6.93. The van der Waals surface area contributed by atoms with Crippen LogP contribution in [0.25, 0.3) is 34.2 Å². The zero-order valence-corrected chi connectivity index (χ0v) is 15.8. The van der Waals surface area contributed by atoms with Crippen molar-refractivity contribution in [1.29, 1.82) is 0 Å². The van der Waals surface area contributed by atoms with Crippen LogP contribution >= 0.6 is 0 Å². The third-order valence-corrected chi connectivity index (χ3v) is 4.66. The third-order valence-electron chi connectivity index (χ3n) is 4.66. The van der Waals surface area contributed by atoms with Crippen LogP contribution in [0.15, 0.2) is 77.9 Å². The number of rotatable bonds is 5. The number of H-pyrrole nitrogens is 1. The van der Waals surface area contributed by atoms with Crippen LogP contribution in [0.3, 0.4) is 0 Å². The number of aromatic nitrogens is 6. The predicted octanol–water partition coefficient (Wildman–Crippen LogP) is 4.35. The summed E-state index contributed by atoms with van der Waals surface area (Å²) in [6, 6.07) is 15.8. The Kier molecular flexibility index (Phi) is 4.25. The normalized spacial score (nSPS) is 11.1. The zero-order chi connectivity index (χ0) is 19.6. The SMILES string of the molecule is Cc1cnc(Cn2cnc(-c3ccccc3)c2-c2ccc(-c3ccn[nH]3)o2)cn1. The molecule has 0 bridgehead atoms. The molecule has 1 aromatic carbocycles. The highest BCUT2D eigenvalue weighted by molar-refractivity contribution is 5.77. The van der Waals surface area contributed by atoms with Crippen LogP contribution in [0.1, 0.15) is 11.4 Å². The van der Waals surface area contributed by atoms with Crippen molar-refractivity contribution in [2.24, 2.45) is 0 Å². The van der Waals surface area contributed by atoms with Crippen LogP contribution in [0, 0.1) is 6.92 Å². The van der Waals surface area contributed by atoms with Crippen molar-refractivity contribution in [1.82, 2.24) is 29.7 Å². The van der Waals surface area contributed by atoms with Gasteiger partial charge in [-0.05, 0) is 25.1 Å². The molecule has 0 spiro atoms. The predicted molar refractivity (Wildman–Crippen MR) is 109 cm³/mol. The fourth-order valence-corrected chi connectivity index (χ4v) is 3.25. The van der Waals surface area contributed by atoms with Gasteiger partial charge in [-0.25, -0.2) is 4.98 Å². The first-order valence-corrected chi connectivity index (χ1v) is 9.26. The molecule has 1 N–H and O–H groups in total. The Labute approximate surface area is 167 Å². The van der Waals surface area contributed by atoms with E-state index in [4.69, 9.17) is 4.42 Å². The van der Waals surface area contributed by atoms with Crippen LogP contribution in [-0.2, 0) is 6.54 Å². The molecule has 0 aliphatic rings. The van der Waals surface area contributed by atoms with E-state index in [2.05, 4.69) is 25.1 Å². The quantitative estimate of drug-likeness (QED) is 0.488. The molecule has 7 heteroatoms. The first kappa shape index (κ1) is 17.1. The Morgan fingerprint density at radius 3 is 2.55 bits per heavy atom. The number of nitrogens with zero attached hydrogens (tertiary/aromatic N) is 5. The largest absolute Gasteiger partial charge is 0.453 e. The van der Waals surface area contributed by atoms with E-state index in [0.717, 1.165) is 45.6 Å². The minimum absolute atomic E-state index is 0.544. The van der Waals surface area contributed by atoms with E-state index in [0.29, 0.717) is 6.54 Å². The molecule has 5 aromatic rings. The lowest BCUT2D eigenvalue weighted by atomic mass is 10.1. The molecule has 142 valence electrons. The Bertz CT molecular complexity index is 1220. The van der Waals surface area contributed by atoms with E-state index >= 15 is 0 Å². The molecule has 5 rings (SSSR count). The third kappa shape index (κ3) is 3.34. The van der Waals surface area contributed by atoms with Gasteiger partial charge in [-0.3, -0.25) is 15.1 Å². The van der Waals surface area contributed by atoms with Gasteiger partial charge in [0.15, 0.2) is 11.5 Å².